The van der Waals surface area contributed by atoms with Gasteiger partial charge in [0, 0.05) is 11.5 Å². The van der Waals surface area contributed by atoms with Gasteiger partial charge in [-0.05, 0) is 25.5 Å². The lowest BCUT2D eigenvalue weighted by molar-refractivity contribution is -0.160. The summed E-state index contributed by atoms with van der Waals surface area (Å²) in [5.74, 6) is -3.66. The lowest BCUT2D eigenvalue weighted by Crippen LogP contribution is -2.48. The maximum atomic E-state index is 12.3. The number of nitrogens with one attached hydrogen (secondary N) is 1. The van der Waals surface area contributed by atoms with Crippen LogP contribution in [0.2, 0.25) is 0 Å². The summed E-state index contributed by atoms with van der Waals surface area (Å²) in [5, 5.41) is 8.87. The summed E-state index contributed by atoms with van der Waals surface area (Å²) < 4.78 is 9.84. The van der Waals surface area contributed by atoms with Crippen molar-refractivity contribution in [2.24, 2.45) is 0 Å². The second-order valence-corrected chi connectivity index (χ2v) is 5.50. The molecule has 1 rings (SSSR count). The number of alkyl halides is 1. The van der Waals surface area contributed by atoms with Crippen molar-refractivity contribution >= 4 is 29.4 Å². The fourth-order valence-corrected chi connectivity index (χ4v) is 2.49. The minimum absolute atomic E-state index is 0.0260. The predicted octanol–water partition coefficient (Wildman–Crippen LogP) is 2.01. The molecule has 1 aromatic carbocycles. The lowest BCUT2D eigenvalue weighted by Gasteiger charge is -2.29. The van der Waals surface area contributed by atoms with Crippen LogP contribution in [-0.2, 0) is 19.1 Å². The van der Waals surface area contributed by atoms with Crippen molar-refractivity contribution in [3.63, 3.8) is 0 Å². The van der Waals surface area contributed by atoms with Crippen LogP contribution < -0.4 is 5.48 Å². The molecule has 0 saturated heterocycles. The standard InChI is InChI=1S/C16H20ClNO6/c1-4-23-14(20)16(17,15(21)24-5-2)10(3)11-8-6-7-9-12(11)13(19)18-22/h6-10,22H,4-5H2,1-3H3,(H,18,19). The van der Waals surface area contributed by atoms with E-state index in [4.69, 9.17) is 26.3 Å². The number of hydroxylamine groups is 1. The Kier molecular flexibility index (Phi) is 7.18. The van der Waals surface area contributed by atoms with Gasteiger partial charge >= 0.3 is 11.9 Å². The highest BCUT2D eigenvalue weighted by molar-refractivity contribution is 6.45. The topological polar surface area (TPSA) is 102 Å². The Balaban J connectivity index is 3.42. The number of esters is 2. The van der Waals surface area contributed by atoms with E-state index in [1.807, 2.05) is 0 Å². The first-order valence-electron chi connectivity index (χ1n) is 7.41. The van der Waals surface area contributed by atoms with Crippen molar-refractivity contribution in [2.75, 3.05) is 13.2 Å². The average molecular weight is 358 g/mol. The van der Waals surface area contributed by atoms with Crippen molar-refractivity contribution < 1.29 is 29.1 Å². The zero-order chi connectivity index (χ0) is 18.3. The van der Waals surface area contributed by atoms with Gasteiger partial charge in [-0.25, -0.2) is 15.1 Å². The predicted molar refractivity (Wildman–Crippen MR) is 86.0 cm³/mol. The zero-order valence-corrected chi connectivity index (χ0v) is 14.4. The molecule has 2 N–H and O–H groups in total. The normalized spacial score (nSPS) is 12.2. The molecule has 1 unspecified atom stereocenters. The number of ether oxygens (including phenoxy) is 2. The molecule has 0 radical (unpaired) electrons. The molecule has 1 atom stereocenters. The third-order valence-electron chi connectivity index (χ3n) is 3.52. The Morgan fingerprint density at radius 3 is 2.12 bits per heavy atom. The molecular formula is C16H20ClNO6. The highest BCUT2D eigenvalue weighted by atomic mass is 35.5. The Morgan fingerprint density at radius 1 is 1.17 bits per heavy atom. The second kappa shape index (κ2) is 8.65. The van der Waals surface area contributed by atoms with Gasteiger partial charge in [-0.15, -0.1) is 0 Å². The maximum absolute atomic E-state index is 12.3. The van der Waals surface area contributed by atoms with E-state index in [1.165, 1.54) is 24.5 Å². The first-order chi connectivity index (χ1) is 11.3. The molecule has 0 saturated carbocycles. The number of benzene rings is 1. The van der Waals surface area contributed by atoms with E-state index in [0.29, 0.717) is 5.56 Å². The molecule has 8 heteroatoms. The van der Waals surface area contributed by atoms with Crippen molar-refractivity contribution in [3.8, 4) is 0 Å². The largest absolute Gasteiger partial charge is 0.464 e. The summed E-state index contributed by atoms with van der Waals surface area (Å²) in [6.45, 7) is 4.72. The fourth-order valence-electron chi connectivity index (χ4n) is 2.27. The average Bonchev–Trinajstić information content (AvgIpc) is 2.59. The van der Waals surface area contributed by atoms with Crippen LogP contribution >= 0.6 is 11.6 Å². The molecule has 7 nitrogen and oxygen atoms in total. The molecule has 0 heterocycles. The Bertz CT molecular complexity index is 600. The SMILES string of the molecule is CCOC(=O)C(Cl)(C(=O)OCC)C(C)c1ccccc1C(=O)NO. The van der Waals surface area contributed by atoms with E-state index >= 15 is 0 Å². The number of amides is 1. The van der Waals surface area contributed by atoms with E-state index in [-0.39, 0.29) is 18.8 Å². The molecule has 0 spiro atoms. The molecule has 0 bridgehead atoms. The summed E-state index contributed by atoms with van der Waals surface area (Å²) in [6.07, 6.45) is 0. The van der Waals surface area contributed by atoms with E-state index < -0.39 is 28.6 Å². The van der Waals surface area contributed by atoms with Crippen LogP contribution in [0.15, 0.2) is 24.3 Å². The highest BCUT2D eigenvalue weighted by Crippen LogP contribution is 2.38. The van der Waals surface area contributed by atoms with Gasteiger partial charge in [-0.2, -0.15) is 0 Å². The van der Waals surface area contributed by atoms with Crippen molar-refractivity contribution in [3.05, 3.63) is 35.4 Å². The molecule has 0 fully saturated rings. The summed E-state index contributed by atoms with van der Waals surface area (Å²) in [5.41, 5.74) is 1.89. The minimum atomic E-state index is -2.15. The molecule has 0 aliphatic rings. The summed E-state index contributed by atoms with van der Waals surface area (Å²) in [7, 11) is 0. The molecule has 0 aromatic heterocycles. The van der Waals surface area contributed by atoms with Crippen LogP contribution in [-0.4, -0.2) is 41.1 Å². The van der Waals surface area contributed by atoms with Crippen LogP contribution in [0.25, 0.3) is 0 Å². The number of halogens is 1. The van der Waals surface area contributed by atoms with E-state index in [1.54, 1.807) is 26.0 Å². The van der Waals surface area contributed by atoms with Gasteiger partial charge in [0.1, 0.15) is 0 Å². The van der Waals surface area contributed by atoms with Gasteiger partial charge < -0.3 is 9.47 Å². The number of rotatable bonds is 7. The van der Waals surface area contributed by atoms with Crippen LogP contribution in [0, 0.1) is 0 Å². The van der Waals surface area contributed by atoms with Gasteiger partial charge in [0.25, 0.3) is 5.91 Å². The lowest BCUT2D eigenvalue weighted by atomic mass is 9.84. The van der Waals surface area contributed by atoms with Crippen molar-refractivity contribution in [1.29, 1.82) is 0 Å². The molecular weight excluding hydrogens is 338 g/mol. The Hall–Kier alpha value is -2.12. The summed E-state index contributed by atoms with van der Waals surface area (Å²) >= 11 is 6.36. The maximum Gasteiger partial charge on any atom is 0.339 e. The highest BCUT2D eigenvalue weighted by Gasteiger charge is 2.53. The molecule has 0 aliphatic heterocycles. The first kappa shape index (κ1) is 19.9. The minimum Gasteiger partial charge on any atom is -0.464 e. The van der Waals surface area contributed by atoms with E-state index in [9.17, 15) is 14.4 Å². The third-order valence-corrected chi connectivity index (χ3v) is 4.15. The number of hydrogen-bond donors (Lipinski definition) is 2. The third kappa shape index (κ3) is 3.85. The molecule has 132 valence electrons. The van der Waals surface area contributed by atoms with Crippen LogP contribution in [0.1, 0.15) is 42.6 Å². The molecule has 0 aliphatic carbocycles. The monoisotopic (exact) mass is 357 g/mol. The number of carbonyl (C=O) groups excluding carboxylic acids is 3. The Morgan fingerprint density at radius 2 is 1.67 bits per heavy atom. The van der Waals surface area contributed by atoms with Crippen molar-refractivity contribution in [2.45, 2.75) is 31.6 Å². The molecule has 1 aromatic rings. The van der Waals surface area contributed by atoms with Crippen LogP contribution in [0.4, 0.5) is 0 Å². The van der Waals surface area contributed by atoms with E-state index in [0.717, 1.165) is 0 Å². The fraction of sp³-hybridized carbons (Fsp3) is 0.438. The summed E-state index contributed by atoms with van der Waals surface area (Å²) in [6, 6.07) is 6.16. The zero-order valence-electron chi connectivity index (χ0n) is 13.7. The van der Waals surface area contributed by atoms with Crippen molar-refractivity contribution in [1.82, 2.24) is 5.48 Å². The van der Waals surface area contributed by atoms with Gasteiger partial charge in [0.05, 0.1) is 13.2 Å². The van der Waals surface area contributed by atoms with Crippen LogP contribution in [0.3, 0.4) is 0 Å². The van der Waals surface area contributed by atoms with Gasteiger partial charge in [-0.3, -0.25) is 10.0 Å². The van der Waals surface area contributed by atoms with Crippen LogP contribution in [0.5, 0.6) is 0 Å². The number of carbonyl (C=O) groups is 3. The van der Waals surface area contributed by atoms with Gasteiger partial charge in [0.15, 0.2) is 0 Å². The molecule has 24 heavy (non-hydrogen) atoms. The van der Waals surface area contributed by atoms with Gasteiger partial charge in [0.2, 0.25) is 4.87 Å². The quantitative estimate of drug-likeness (QED) is 0.254. The smallest absolute Gasteiger partial charge is 0.339 e. The Labute approximate surface area is 144 Å². The first-order valence-corrected chi connectivity index (χ1v) is 7.78. The van der Waals surface area contributed by atoms with Gasteiger partial charge in [-0.1, -0.05) is 36.7 Å². The summed E-state index contributed by atoms with van der Waals surface area (Å²) in [4.78, 5) is 34.3. The molecule has 1 amide bonds. The van der Waals surface area contributed by atoms with E-state index in [2.05, 4.69) is 0 Å². The second-order valence-electron chi connectivity index (χ2n) is 4.90. The number of hydrogen-bond acceptors (Lipinski definition) is 6.